The Balaban J connectivity index is 3.26. The van der Waals surface area contributed by atoms with Gasteiger partial charge in [0.2, 0.25) is 5.95 Å². The Hall–Kier alpha value is -1.11. The van der Waals surface area contributed by atoms with Crippen molar-refractivity contribution >= 4 is 21.9 Å². The van der Waals surface area contributed by atoms with Crippen LogP contribution in [-0.2, 0) is 10.1 Å². The normalized spacial score (nSPS) is 10.7. The van der Waals surface area contributed by atoms with Gasteiger partial charge in [-0.15, -0.1) is 0 Å². The van der Waals surface area contributed by atoms with Gasteiger partial charge in [-0.3, -0.25) is 0 Å². The van der Waals surface area contributed by atoms with Crippen LogP contribution in [0.4, 0.5) is 13.2 Å². The van der Waals surface area contributed by atoms with Crippen molar-refractivity contribution < 1.29 is 22.7 Å². The molecule has 0 fully saturated rings. The topological polar surface area (TPSA) is 39.2 Å². The van der Waals surface area contributed by atoms with Crippen LogP contribution < -0.4 is 0 Å². The lowest BCUT2D eigenvalue weighted by Crippen LogP contribution is -2.12. The third kappa shape index (κ3) is 3.18. The van der Waals surface area contributed by atoms with E-state index < -0.39 is 23.9 Å². The Morgan fingerprint density at radius 1 is 1.59 bits per heavy atom. The Labute approximate surface area is 104 Å². The molecule has 0 aliphatic rings. The predicted molar refractivity (Wildman–Crippen MR) is 57.7 cm³/mol. The average Bonchev–Trinajstić information content (AvgIpc) is 2.28. The first-order valence-electron chi connectivity index (χ1n) is 4.71. The number of halogens is 4. The van der Waals surface area contributed by atoms with Gasteiger partial charge in [0, 0.05) is 5.33 Å². The highest BCUT2D eigenvalue weighted by Crippen LogP contribution is 2.24. The van der Waals surface area contributed by atoms with Gasteiger partial charge in [-0.1, -0.05) is 15.9 Å². The van der Waals surface area contributed by atoms with Crippen molar-refractivity contribution in [1.29, 1.82) is 0 Å². The molecule has 0 spiro atoms. The quantitative estimate of drug-likeness (QED) is 0.487. The number of nitrogens with zero attached hydrogens (tertiary/aromatic N) is 1. The van der Waals surface area contributed by atoms with Crippen LogP contribution in [0.1, 0.15) is 35.0 Å². The maximum absolute atomic E-state index is 13.2. The number of carbonyl (C=O) groups is 1. The molecule has 0 N–H and O–H groups in total. The molecule has 0 bridgehead atoms. The van der Waals surface area contributed by atoms with Gasteiger partial charge >= 0.3 is 5.97 Å². The highest BCUT2D eigenvalue weighted by molar-refractivity contribution is 9.08. The molecular weight excluding hydrogens is 303 g/mol. The van der Waals surface area contributed by atoms with Crippen molar-refractivity contribution in [3.63, 3.8) is 0 Å². The van der Waals surface area contributed by atoms with Gasteiger partial charge in [-0.2, -0.15) is 4.39 Å². The van der Waals surface area contributed by atoms with Crippen LogP contribution in [0.25, 0.3) is 0 Å². The van der Waals surface area contributed by atoms with E-state index in [-0.39, 0.29) is 23.2 Å². The molecule has 1 heterocycles. The Morgan fingerprint density at radius 3 is 2.71 bits per heavy atom. The van der Waals surface area contributed by atoms with Crippen molar-refractivity contribution in [2.24, 2.45) is 0 Å². The van der Waals surface area contributed by atoms with Crippen LogP contribution in [-0.4, -0.2) is 17.6 Å². The minimum atomic E-state index is -3.03. The molecule has 0 saturated heterocycles. The van der Waals surface area contributed by atoms with Crippen molar-refractivity contribution in [2.75, 3.05) is 6.61 Å². The first-order valence-corrected chi connectivity index (χ1v) is 5.83. The van der Waals surface area contributed by atoms with Crippen LogP contribution in [0, 0.1) is 5.95 Å². The molecule has 3 nitrogen and oxygen atoms in total. The molecule has 0 unspecified atom stereocenters. The standard InChI is InChI=1S/C10H9BrF3NO2/c1-2-17-10(16)5-3-6(8(12)13)9(14)15-7(5)4-11/h3,8H,2,4H2,1H3. The van der Waals surface area contributed by atoms with E-state index in [1.165, 1.54) is 0 Å². The molecule has 1 aromatic heterocycles. The molecule has 0 aliphatic heterocycles. The van der Waals surface area contributed by atoms with Crippen LogP contribution in [0.5, 0.6) is 0 Å². The molecule has 94 valence electrons. The summed E-state index contributed by atoms with van der Waals surface area (Å²) in [6.45, 7) is 1.68. The number of hydrogen-bond acceptors (Lipinski definition) is 3. The zero-order valence-electron chi connectivity index (χ0n) is 8.84. The lowest BCUT2D eigenvalue weighted by Gasteiger charge is -2.09. The lowest BCUT2D eigenvalue weighted by molar-refractivity contribution is 0.0524. The van der Waals surface area contributed by atoms with Gasteiger partial charge in [0.05, 0.1) is 23.4 Å². The number of ether oxygens (including phenoxy) is 1. The first-order chi connectivity index (χ1) is 8.01. The SMILES string of the molecule is CCOC(=O)c1cc(C(F)F)c(F)nc1CBr. The van der Waals surface area contributed by atoms with Crippen LogP contribution in [0.2, 0.25) is 0 Å². The van der Waals surface area contributed by atoms with E-state index in [0.717, 1.165) is 6.07 Å². The molecule has 0 aromatic carbocycles. The average molecular weight is 312 g/mol. The number of carbonyl (C=O) groups excluding carboxylic acids is 1. The van der Waals surface area contributed by atoms with Crippen molar-refractivity contribution in [3.8, 4) is 0 Å². The molecule has 17 heavy (non-hydrogen) atoms. The molecule has 0 atom stereocenters. The van der Waals surface area contributed by atoms with Gasteiger partial charge < -0.3 is 4.74 Å². The lowest BCUT2D eigenvalue weighted by atomic mass is 10.1. The smallest absolute Gasteiger partial charge is 0.340 e. The zero-order chi connectivity index (χ0) is 13.0. The number of esters is 1. The monoisotopic (exact) mass is 311 g/mol. The fourth-order valence-electron chi connectivity index (χ4n) is 1.18. The molecule has 0 radical (unpaired) electrons. The van der Waals surface area contributed by atoms with Gasteiger partial charge in [-0.25, -0.2) is 18.6 Å². The van der Waals surface area contributed by atoms with E-state index >= 15 is 0 Å². The zero-order valence-corrected chi connectivity index (χ0v) is 10.4. The van der Waals surface area contributed by atoms with Gasteiger partial charge in [0.25, 0.3) is 6.43 Å². The summed E-state index contributed by atoms with van der Waals surface area (Å²) < 4.78 is 42.7. The van der Waals surface area contributed by atoms with Crippen molar-refractivity contribution in [2.45, 2.75) is 18.7 Å². The van der Waals surface area contributed by atoms with Crippen LogP contribution in [0.15, 0.2) is 6.07 Å². The number of alkyl halides is 3. The maximum atomic E-state index is 13.2. The van der Waals surface area contributed by atoms with Crippen LogP contribution in [0.3, 0.4) is 0 Å². The molecule has 0 amide bonds. The summed E-state index contributed by atoms with van der Waals surface area (Å²) in [4.78, 5) is 14.8. The summed E-state index contributed by atoms with van der Waals surface area (Å²) >= 11 is 3.00. The third-order valence-electron chi connectivity index (χ3n) is 1.94. The fraction of sp³-hybridized carbons (Fsp3) is 0.400. The molecule has 1 rings (SSSR count). The largest absolute Gasteiger partial charge is 0.462 e. The fourth-order valence-corrected chi connectivity index (χ4v) is 1.61. The summed E-state index contributed by atoms with van der Waals surface area (Å²) in [5.41, 5.74) is -1.02. The second-order valence-corrected chi connectivity index (χ2v) is 3.58. The van der Waals surface area contributed by atoms with Crippen molar-refractivity contribution in [1.82, 2.24) is 4.98 Å². The van der Waals surface area contributed by atoms with E-state index in [1.807, 2.05) is 0 Å². The number of pyridine rings is 1. The molecular formula is C10H9BrF3NO2. The molecule has 7 heteroatoms. The summed E-state index contributed by atoms with van der Waals surface area (Å²) in [6.07, 6.45) is -3.03. The predicted octanol–water partition coefficient (Wildman–Crippen LogP) is 3.23. The minimum absolute atomic E-state index is 0.0327. The molecule has 1 aromatic rings. The molecule has 0 saturated carbocycles. The minimum Gasteiger partial charge on any atom is -0.462 e. The van der Waals surface area contributed by atoms with Gasteiger partial charge in [0.15, 0.2) is 0 Å². The Bertz CT molecular complexity index is 426. The number of aromatic nitrogens is 1. The first kappa shape index (κ1) is 14.0. The van der Waals surface area contributed by atoms with Crippen molar-refractivity contribution in [3.05, 3.63) is 28.8 Å². The number of hydrogen-bond donors (Lipinski definition) is 0. The summed E-state index contributed by atoms with van der Waals surface area (Å²) in [5.74, 6) is -2.07. The second kappa shape index (κ2) is 6.00. The van der Waals surface area contributed by atoms with E-state index in [1.54, 1.807) is 6.92 Å². The highest BCUT2D eigenvalue weighted by Gasteiger charge is 2.22. The van der Waals surface area contributed by atoms with E-state index in [9.17, 15) is 18.0 Å². The van der Waals surface area contributed by atoms with E-state index in [4.69, 9.17) is 0 Å². The second-order valence-electron chi connectivity index (χ2n) is 3.02. The summed E-state index contributed by atoms with van der Waals surface area (Å²) in [7, 11) is 0. The van der Waals surface area contributed by atoms with Crippen LogP contribution >= 0.6 is 15.9 Å². The van der Waals surface area contributed by atoms with Gasteiger partial charge in [-0.05, 0) is 13.0 Å². The summed E-state index contributed by atoms with van der Waals surface area (Å²) in [5, 5.41) is 0.0710. The maximum Gasteiger partial charge on any atom is 0.340 e. The third-order valence-corrected chi connectivity index (χ3v) is 2.47. The molecule has 0 aliphatic carbocycles. The Morgan fingerprint density at radius 2 is 2.24 bits per heavy atom. The number of rotatable bonds is 4. The van der Waals surface area contributed by atoms with Gasteiger partial charge in [0.1, 0.15) is 0 Å². The van der Waals surface area contributed by atoms with E-state index in [0.29, 0.717) is 0 Å². The summed E-state index contributed by atoms with van der Waals surface area (Å²) in [6, 6.07) is 0.779. The highest BCUT2D eigenvalue weighted by atomic mass is 79.9. The Kier molecular flexibility index (Phi) is 4.92. The van der Waals surface area contributed by atoms with E-state index in [2.05, 4.69) is 25.7 Å².